The van der Waals surface area contributed by atoms with Crippen molar-refractivity contribution in [3.05, 3.63) is 94.5 Å². The zero-order valence-electron chi connectivity index (χ0n) is 18.4. The second kappa shape index (κ2) is 6.83. The second-order valence-electron chi connectivity index (χ2n) is 9.14. The van der Waals surface area contributed by atoms with E-state index in [0.717, 1.165) is 16.8 Å². The number of sulfonamides is 1. The molecule has 0 aromatic heterocycles. The van der Waals surface area contributed by atoms with Crippen molar-refractivity contribution in [1.82, 2.24) is 0 Å². The van der Waals surface area contributed by atoms with Gasteiger partial charge in [-0.15, -0.1) is 0 Å². The van der Waals surface area contributed by atoms with Gasteiger partial charge in [0.15, 0.2) is 0 Å². The van der Waals surface area contributed by atoms with Crippen molar-refractivity contribution >= 4 is 26.9 Å². The minimum Gasteiger partial charge on any atom is -0.265 e. The van der Waals surface area contributed by atoms with E-state index in [1.54, 1.807) is 16.4 Å². The van der Waals surface area contributed by atoms with E-state index in [1.165, 1.54) is 27.8 Å². The molecule has 4 heteroatoms. The first kappa shape index (κ1) is 20.1. The van der Waals surface area contributed by atoms with Gasteiger partial charge in [-0.1, -0.05) is 67.9 Å². The van der Waals surface area contributed by atoms with Crippen molar-refractivity contribution < 1.29 is 8.42 Å². The Morgan fingerprint density at radius 3 is 2.23 bits per heavy atom. The smallest absolute Gasteiger partial charge is 0.264 e. The Bertz CT molecular complexity index is 1320. The van der Waals surface area contributed by atoms with Crippen LogP contribution < -0.4 is 4.31 Å². The molecular formula is C27H27NO2S. The molecule has 0 N–H and O–H groups in total. The van der Waals surface area contributed by atoms with Gasteiger partial charge >= 0.3 is 0 Å². The summed E-state index contributed by atoms with van der Waals surface area (Å²) in [7, 11) is -3.63. The van der Waals surface area contributed by atoms with Gasteiger partial charge in [0.05, 0.1) is 10.6 Å². The van der Waals surface area contributed by atoms with Crippen molar-refractivity contribution in [2.45, 2.75) is 44.4 Å². The van der Waals surface area contributed by atoms with Crippen molar-refractivity contribution in [3.8, 4) is 0 Å². The van der Waals surface area contributed by atoms with Crippen LogP contribution in [0.4, 0.5) is 5.69 Å². The van der Waals surface area contributed by atoms with Crippen molar-refractivity contribution in [2.75, 3.05) is 10.8 Å². The molecule has 0 saturated carbocycles. The molecule has 5 rings (SSSR count). The maximum Gasteiger partial charge on any atom is 0.264 e. The lowest BCUT2D eigenvalue weighted by molar-refractivity contribution is 0.590. The number of rotatable bonds is 3. The second-order valence-corrected chi connectivity index (χ2v) is 11.0. The monoisotopic (exact) mass is 429 g/mol. The summed E-state index contributed by atoms with van der Waals surface area (Å²) >= 11 is 0. The summed E-state index contributed by atoms with van der Waals surface area (Å²) in [5.41, 5.74) is 9.09. The van der Waals surface area contributed by atoms with Crippen LogP contribution in [-0.4, -0.2) is 15.0 Å². The minimum atomic E-state index is -3.63. The molecule has 0 fully saturated rings. The third-order valence-corrected chi connectivity index (χ3v) is 8.58. The molecule has 0 bridgehead atoms. The summed E-state index contributed by atoms with van der Waals surface area (Å²) in [5.74, 6) is 0. The highest BCUT2D eigenvalue weighted by Crippen LogP contribution is 2.57. The van der Waals surface area contributed by atoms with Crippen LogP contribution in [0.3, 0.4) is 0 Å². The number of hydrogen-bond acceptors (Lipinski definition) is 2. The molecule has 0 radical (unpaired) electrons. The zero-order valence-corrected chi connectivity index (χ0v) is 19.3. The highest BCUT2D eigenvalue weighted by Gasteiger charge is 2.44. The van der Waals surface area contributed by atoms with Crippen LogP contribution in [0.2, 0.25) is 0 Å². The average Bonchev–Trinajstić information content (AvgIpc) is 2.99. The number of allylic oxidation sites excluding steroid dienone is 1. The SMILES string of the molecule is Cc1ccc(S(=O)(=O)N2CCC3=C(c4ccccc4)C(C)(C)c4c(C)ccc2c43)cc1. The van der Waals surface area contributed by atoms with Gasteiger partial charge in [0.1, 0.15) is 0 Å². The van der Waals surface area contributed by atoms with Crippen LogP contribution >= 0.6 is 0 Å². The predicted octanol–water partition coefficient (Wildman–Crippen LogP) is 6.10. The summed E-state index contributed by atoms with van der Waals surface area (Å²) in [6, 6.07) is 21.7. The molecule has 2 aliphatic rings. The number of benzene rings is 3. The molecule has 0 atom stereocenters. The van der Waals surface area contributed by atoms with Crippen LogP contribution in [0, 0.1) is 13.8 Å². The van der Waals surface area contributed by atoms with Crippen molar-refractivity contribution in [3.63, 3.8) is 0 Å². The third-order valence-electron chi connectivity index (χ3n) is 6.75. The molecule has 1 aliphatic heterocycles. The van der Waals surface area contributed by atoms with Crippen LogP contribution in [0.5, 0.6) is 0 Å². The maximum absolute atomic E-state index is 13.6. The quantitative estimate of drug-likeness (QED) is 0.504. The summed E-state index contributed by atoms with van der Waals surface area (Å²) in [6.07, 6.45) is 0.711. The number of hydrogen-bond donors (Lipinski definition) is 0. The summed E-state index contributed by atoms with van der Waals surface area (Å²) in [5, 5.41) is 0. The highest BCUT2D eigenvalue weighted by molar-refractivity contribution is 7.92. The molecule has 31 heavy (non-hydrogen) atoms. The maximum atomic E-state index is 13.6. The van der Waals surface area contributed by atoms with E-state index in [1.807, 2.05) is 31.2 Å². The first-order chi connectivity index (χ1) is 14.7. The van der Waals surface area contributed by atoms with E-state index < -0.39 is 10.0 Å². The van der Waals surface area contributed by atoms with Gasteiger partial charge < -0.3 is 0 Å². The topological polar surface area (TPSA) is 37.4 Å². The summed E-state index contributed by atoms with van der Waals surface area (Å²) in [6.45, 7) is 9.09. The fourth-order valence-corrected chi connectivity index (χ4v) is 6.93. The minimum absolute atomic E-state index is 0.185. The Morgan fingerprint density at radius 2 is 1.55 bits per heavy atom. The van der Waals surface area contributed by atoms with Gasteiger partial charge in [-0.3, -0.25) is 4.31 Å². The van der Waals surface area contributed by atoms with Crippen LogP contribution in [0.15, 0.2) is 71.6 Å². The lowest BCUT2D eigenvalue weighted by Gasteiger charge is -2.32. The standard InChI is InChI=1S/C27H27NO2S/c1-18-10-13-21(14-11-18)31(29,30)28-17-16-22-24-23(28)15-12-19(2)25(24)27(3,4)26(22)20-8-6-5-7-9-20/h5-15H,16-17H2,1-4H3. The van der Waals surface area contributed by atoms with E-state index in [4.69, 9.17) is 0 Å². The summed E-state index contributed by atoms with van der Waals surface area (Å²) < 4.78 is 28.8. The van der Waals surface area contributed by atoms with Gasteiger partial charge in [0.25, 0.3) is 10.0 Å². The molecular weight excluding hydrogens is 402 g/mol. The molecule has 3 nitrogen and oxygen atoms in total. The Balaban J connectivity index is 1.74. The average molecular weight is 430 g/mol. The molecule has 3 aromatic carbocycles. The lowest BCUT2D eigenvalue weighted by atomic mass is 9.76. The largest absolute Gasteiger partial charge is 0.265 e. The van der Waals surface area contributed by atoms with Crippen LogP contribution in [0.25, 0.3) is 11.1 Å². The van der Waals surface area contributed by atoms with E-state index >= 15 is 0 Å². The fourth-order valence-electron chi connectivity index (χ4n) is 5.45. The first-order valence-electron chi connectivity index (χ1n) is 10.8. The number of anilines is 1. The molecule has 158 valence electrons. The van der Waals surface area contributed by atoms with Gasteiger partial charge in [0, 0.05) is 17.5 Å². The normalized spacial score (nSPS) is 17.1. The van der Waals surface area contributed by atoms with Crippen LogP contribution in [-0.2, 0) is 15.4 Å². The van der Waals surface area contributed by atoms with E-state index in [9.17, 15) is 8.42 Å². The van der Waals surface area contributed by atoms with Crippen molar-refractivity contribution in [2.24, 2.45) is 0 Å². The lowest BCUT2D eigenvalue weighted by Crippen LogP contribution is -2.35. The fraction of sp³-hybridized carbons (Fsp3) is 0.259. The van der Waals surface area contributed by atoms with Gasteiger partial charge in [-0.25, -0.2) is 8.42 Å². The van der Waals surface area contributed by atoms with E-state index in [2.05, 4.69) is 51.1 Å². The Labute approximate surface area is 185 Å². The van der Waals surface area contributed by atoms with Crippen molar-refractivity contribution in [1.29, 1.82) is 0 Å². The van der Waals surface area contributed by atoms with E-state index in [0.29, 0.717) is 17.9 Å². The molecule has 0 spiro atoms. The van der Waals surface area contributed by atoms with Crippen LogP contribution in [0.1, 0.15) is 48.1 Å². The molecule has 0 unspecified atom stereocenters. The predicted molar refractivity (Wildman–Crippen MR) is 128 cm³/mol. The number of nitrogens with zero attached hydrogens (tertiary/aromatic N) is 1. The molecule has 0 saturated heterocycles. The molecule has 1 aliphatic carbocycles. The summed E-state index contributed by atoms with van der Waals surface area (Å²) in [4.78, 5) is 0.348. The Kier molecular flexibility index (Phi) is 4.42. The Hall–Kier alpha value is -2.85. The molecule has 1 heterocycles. The zero-order chi connectivity index (χ0) is 22.0. The van der Waals surface area contributed by atoms with Gasteiger partial charge in [0.2, 0.25) is 0 Å². The van der Waals surface area contributed by atoms with Gasteiger partial charge in [-0.2, -0.15) is 0 Å². The van der Waals surface area contributed by atoms with Gasteiger partial charge in [-0.05, 0) is 66.3 Å². The molecule has 3 aromatic rings. The third kappa shape index (κ3) is 2.89. The first-order valence-corrected chi connectivity index (χ1v) is 12.2. The Morgan fingerprint density at radius 1 is 0.871 bits per heavy atom. The number of aryl methyl sites for hydroxylation is 2. The highest BCUT2D eigenvalue weighted by atomic mass is 32.2. The van der Waals surface area contributed by atoms with E-state index in [-0.39, 0.29) is 5.41 Å². The molecule has 0 amide bonds.